The smallest absolute Gasteiger partial charge is 0.319 e. The number of carbonyl (C=O) groups excluding carboxylic acids is 1. The maximum atomic E-state index is 13.3. The lowest BCUT2D eigenvalue weighted by atomic mass is 10.2. The van der Waals surface area contributed by atoms with E-state index in [1.54, 1.807) is 0 Å². The number of aromatic amines is 2. The molecule has 19 heavy (non-hydrogen) atoms. The molecule has 2 aromatic rings. The van der Waals surface area contributed by atoms with Crippen LogP contribution in [-0.2, 0) is 0 Å². The Balaban J connectivity index is 2.31. The van der Waals surface area contributed by atoms with Crippen LogP contribution in [0.2, 0.25) is 0 Å². The molecule has 0 aliphatic rings. The van der Waals surface area contributed by atoms with Crippen molar-refractivity contribution in [3.63, 3.8) is 0 Å². The molecule has 0 saturated heterocycles. The van der Waals surface area contributed by atoms with Gasteiger partial charge < -0.3 is 10.3 Å². The van der Waals surface area contributed by atoms with Gasteiger partial charge in [-0.25, -0.2) is 13.6 Å². The van der Waals surface area contributed by atoms with Crippen molar-refractivity contribution in [2.24, 2.45) is 0 Å². The predicted octanol–water partition coefficient (Wildman–Crippen LogP) is 0.594. The molecule has 98 valence electrons. The third-order valence-corrected chi connectivity index (χ3v) is 2.24. The van der Waals surface area contributed by atoms with Crippen molar-refractivity contribution in [3.05, 3.63) is 62.4 Å². The van der Waals surface area contributed by atoms with E-state index >= 15 is 0 Å². The number of halogens is 2. The van der Waals surface area contributed by atoms with Gasteiger partial charge >= 0.3 is 5.69 Å². The average Bonchev–Trinajstić information content (AvgIpc) is 2.32. The number of H-pyrrole nitrogens is 2. The summed E-state index contributed by atoms with van der Waals surface area (Å²) in [5, 5.41) is 2.09. The monoisotopic (exact) mass is 267 g/mol. The molecule has 0 saturated carbocycles. The molecule has 0 fully saturated rings. The molecule has 1 aromatic carbocycles. The van der Waals surface area contributed by atoms with Gasteiger partial charge in [0.2, 0.25) is 0 Å². The number of hydrogen-bond donors (Lipinski definition) is 3. The van der Waals surface area contributed by atoms with Crippen LogP contribution in [0.5, 0.6) is 0 Å². The minimum atomic E-state index is -0.978. The van der Waals surface area contributed by atoms with E-state index in [9.17, 15) is 23.2 Å². The molecular formula is C11H7F2N3O3. The van der Waals surface area contributed by atoms with Crippen molar-refractivity contribution in [1.82, 2.24) is 9.97 Å². The van der Waals surface area contributed by atoms with Crippen molar-refractivity contribution in [3.8, 4) is 0 Å². The Hall–Kier alpha value is -2.77. The average molecular weight is 267 g/mol. The van der Waals surface area contributed by atoms with Crippen LogP contribution in [0, 0.1) is 11.6 Å². The summed E-state index contributed by atoms with van der Waals surface area (Å²) in [5.74, 6) is -2.70. The van der Waals surface area contributed by atoms with Crippen LogP contribution in [0.25, 0.3) is 0 Å². The van der Waals surface area contributed by atoms with E-state index in [-0.39, 0.29) is 5.69 Å². The van der Waals surface area contributed by atoms with Crippen molar-refractivity contribution >= 4 is 11.6 Å². The van der Waals surface area contributed by atoms with E-state index in [1.165, 1.54) is 0 Å². The Kier molecular flexibility index (Phi) is 3.23. The molecule has 0 radical (unpaired) electrons. The number of hydrogen-bond acceptors (Lipinski definition) is 3. The van der Waals surface area contributed by atoms with Gasteiger partial charge in [0.05, 0.1) is 5.69 Å². The molecule has 8 heteroatoms. The molecule has 6 nitrogen and oxygen atoms in total. The number of carbonyl (C=O) groups is 1. The lowest BCUT2D eigenvalue weighted by Crippen LogP contribution is -2.29. The maximum absolute atomic E-state index is 13.3. The van der Waals surface area contributed by atoms with Crippen molar-refractivity contribution in [2.75, 3.05) is 5.32 Å². The van der Waals surface area contributed by atoms with E-state index in [1.807, 2.05) is 4.98 Å². The fourth-order valence-electron chi connectivity index (χ4n) is 1.36. The minimum Gasteiger partial charge on any atom is -0.319 e. The first-order valence-corrected chi connectivity index (χ1v) is 5.06. The number of benzene rings is 1. The van der Waals surface area contributed by atoms with Gasteiger partial charge in [-0.05, 0) is 12.1 Å². The summed E-state index contributed by atoms with van der Waals surface area (Å²) in [6, 6.07) is 2.56. The lowest BCUT2D eigenvalue weighted by molar-refractivity contribution is 0.102. The standard InChI is InChI=1S/C11H7F2N3O3/c12-5-1-2-8(7(13)3-5)15-9(17)6-4-14-11(19)16-10(6)18/h1-4H,(H,15,17)(H2,14,16,18,19). The minimum absolute atomic E-state index is 0.281. The van der Waals surface area contributed by atoms with Crippen LogP contribution < -0.4 is 16.6 Å². The third-order valence-electron chi connectivity index (χ3n) is 2.24. The van der Waals surface area contributed by atoms with Gasteiger partial charge in [-0.3, -0.25) is 14.6 Å². The number of nitrogens with one attached hydrogen (secondary N) is 3. The fraction of sp³-hybridized carbons (Fsp3) is 0. The first-order valence-electron chi connectivity index (χ1n) is 5.06. The summed E-state index contributed by atoms with van der Waals surface area (Å²) in [7, 11) is 0. The number of rotatable bonds is 2. The first kappa shape index (κ1) is 12.7. The highest BCUT2D eigenvalue weighted by Crippen LogP contribution is 2.15. The van der Waals surface area contributed by atoms with Crippen LogP contribution in [0.15, 0.2) is 34.0 Å². The van der Waals surface area contributed by atoms with Gasteiger partial charge in [0.15, 0.2) is 0 Å². The number of anilines is 1. The molecule has 0 bridgehead atoms. The zero-order valence-electron chi connectivity index (χ0n) is 9.29. The summed E-state index contributed by atoms with van der Waals surface area (Å²) in [5.41, 5.74) is -2.36. The lowest BCUT2D eigenvalue weighted by Gasteiger charge is -2.05. The normalized spacial score (nSPS) is 10.2. The molecule has 0 aliphatic heterocycles. The molecule has 1 amide bonds. The van der Waals surface area contributed by atoms with Crippen molar-refractivity contribution in [1.29, 1.82) is 0 Å². The number of amides is 1. The highest BCUT2D eigenvalue weighted by molar-refractivity contribution is 6.03. The Morgan fingerprint density at radius 2 is 1.95 bits per heavy atom. The SMILES string of the molecule is O=C(Nc1ccc(F)cc1F)c1c[nH]c(=O)[nH]c1=O. The van der Waals surface area contributed by atoms with Gasteiger partial charge in [-0.1, -0.05) is 0 Å². The topological polar surface area (TPSA) is 94.8 Å². The second-order valence-corrected chi connectivity index (χ2v) is 3.56. The second kappa shape index (κ2) is 4.84. The molecular weight excluding hydrogens is 260 g/mol. The largest absolute Gasteiger partial charge is 0.325 e. The van der Waals surface area contributed by atoms with Gasteiger partial charge in [0.1, 0.15) is 17.2 Å². The summed E-state index contributed by atoms with van der Waals surface area (Å²) in [6.45, 7) is 0. The Morgan fingerprint density at radius 3 is 2.58 bits per heavy atom. The van der Waals surface area contributed by atoms with E-state index in [4.69, 9.17) is 0 Å². The maximum Gasteiger partial charge on any atom is 0.325 e. The van der Waals surface area contributed by atoms with Gasteiger partial charge in [-0.2, -0.15) is 0 Å². The molecule has 0 unspecified atom stereocenters. The van der Waals surface area contributed by atoms with Crippen LogP contribution in [0.1, 0.15) is 10.4 Å². The molecule has 1 heterocycles. The van der Waals surface area contributed by atoms with E-state index in [0.29, 0.717) is 6.07 Å². The van der Waals surface area contributed by atoms with Crippen molar-refractivity contribution in [2.45, 2.75) is 0 Å². The third kappa shape index (κ3) is 2.73. The highest BCUT2D eigenvalue weighted by atomic mass is 19.1. The fourth-order valence-corrected chi connectivity index (χ4v) is 1.36. The van der Waals surface area contributed by atoms with Crippen LogP contribution in [0.3, 0.4) is 0 Å². The van der Waals surface area contributed by atoms with E-state index < -0.39 is 34.4 Å². The van der Waals surface area contributed by atoms with Crippen LogP contribution >= 0.6 is 0 Å². The Morgan fingerprint density at radius 1 is 1.21 bits per heavy atom. The van der Waals surface area contributed by atoms with Gasteiger partial charge in [0.25, 0.3) is 11.5 Å². The predicted molar refractivity (Wildman–Crippen MR) is 62.0 cm³/mol. The van der Waals surface area contributed by atoms with Gasteiger partial charge in [0, 0.05) is 12.3 Å². The van der Waals surface area contributed by atoms with E-state index in [0.717, 1.165) is 18.3 Å². The summed E-state index contributed by atoms with van der Waals surface area (Å²) in [6.07, 6.45) is 0.901. The molecule has 0 aliphatic carbocycles. The zero-order valence-corrected chi connectivity index (χ0v) is 9.29. The summed E-state index contributed by atoms with van der Waals surface area (Å²) in [4.78, 5) is 37.7. The Labute approximate surface area is 104 Å². The first-order chi connectivity index (χ1) is 8.97. The van der Waals surface area contributed by atoms with E-state index in [2.05, 4.69) is 10.3 Å². The highest BCUT2D eigenvalue weighted by Gasteiger charge is 2.13. The molecule has 1 aromatic heterocycles. The van der Waals surface area contributed by atoms with Crippen LogP contribution in [0.4, 0.5) is 14.5 Å². The quantitative estimate of drug-likeness (QED) is 0.743. The number of aromatic nitrogens is 2. The molecule has 2 rings (SSSR count). The zero-order chi connectivity index (χ0) is 14.0. The summed E-state index contributed by atoms with van der Waals surface area (Å²) >= 11 is 0. The summed E-state index contributed by atoms with van der Waals surface area (Å²) < 4.78 is 26.0. The second-order valence-electron chi connectivity index (χ2n) is 3.56. The van der Waals surface area contributed by atoms with Gasteiger partial charge in [-0.15, -0.1) is 0 Å². The molecule has 0 atom stereocenters. The molecule has 3 N–H and O–H groups in total. The van der Waals surface area contributed by atoms with Crippen molar-refractivity contribution < 1.29 is 13.6 Å². The Bertz CT molecular complexity index is 751. The molecule has 0 spiro atoms. The van der Waals surface area contributed by atoms with Crippen LogP contribution in [-0.4, -0.2) is 15.9 Å².